The molecule has 0 fully saturated rings. The second-order valence-electron chi connectivity index (χ2n) is 6.19. The Morgan fingerprint density at radius 3 is 2.60 bits per heavy atom. The molecule has 2 aromatic carbocycles. The number of aromatic nitrogens is 2. The van der Waals surface area contributed by atoms with Crippen LogP contribution in [0.25, 0.3) is 11.1 Å². The molecule has 1 N–H and O–H groups in total. The zero-order valence-corrected chi connectivity index (χ0v) is 14.4. The Bertz CT molecular complexity index is 850. The summed E-state index contributed by atoms with van der Waals surface area (Å²) < 4.78 is 2.09. The van der Waals surface area contributed by atoms with Crippen molar-refractivity contribution in [2.75, 3.05) is 0 Å². The molecule has 0 amide bonds. The van der Waals surface area contributed by atoms with E-state index in [9.17, 15) is 9.90 Å². The van der Waals surface area contributed by atoms with Crippen molar-refractivity contribution in [3.8, 4) is 11.1 Å². The van der Waals surface area contributed by atoms with Gasteiger partial charge in [-0.3, -0.25) is 0 Å². The van der Waals surface area contributed by atoms with Gasteiger partial charge >= 0.3 is 5.97 Å². The van der Waals surface area contributed by atoms with Gasteiger partial charge in [0.05, 0.1) is 17.6 Å². The molecule has 0 radical (unpaired) electrons. The Morgan fingerprint density at radius 2 is 1.88 bits per heavy atom. The minimum atomic E-state index is -0.905. The maximum Gasteiger partial charge on any atom is 0.336 e. The number of rotatable bonds is 7. The number of hydrogen-bond donors (Lipinski definition) is 1. The highest BCUT2D eigenvalue weighted by Gasteiger charge is 2.10. The number of carbonyl (C=O) groups is 1. The molecule has 1 heterocycles. The van der Waals surface area contributed by atoms with E-state index in [1.54, 1.807) is 12.1 Å². The van der Waals surface area contributed by atoms with Gasteiger partial charge in [-0.05, 0) is 35.6 Å². The van der Waals surface area contributed by atoms with Crippen molar-refractivity contribution in [2.45, 2.75) is 32.7 Å². The highest BCUT2D eigenvalue weighted by molar-refractivity contribution is 5.95. The number of aryl methyl sites for hydroxylation is 1. The molecule has 0 spiro atoms. The summed E-state index contributed by atoms with van der Waals surface area (Å²) in [7, 11) is 0. The SMILES string of the molecule is CCCCc1cn(Cc2ccc(-c3ccccc3C(=O)O)cc2)cn1. The standard InChI is InChI=1S/C21H22N2O2/c1-2-3-6-18-14-23(15-22-18)13-16-9-11-17(12-10-16)19-7-4-5-8-20(19)21(24)25/h4-5,7-12,14-15H,2-3,6,13H2,1H3,(H,24,25). The maximum absolute atomic E-state index is 11.4. The predicted molar refractivity (Wildman–Crippen MR) is 98.8 cm³/mol. The highest BCUT2D eigenvalue weighted by atomic mass is 16.4. The number of carboxylic acids is 1. The molecule has 0 aliphatic carbocycles. The molecule has 0 bridgehead atoms. The monoisotopic (exact) mass is 334 g/mol. The molecular formula is C21H22N2O2. The maximum atomic E-state index is 11.4. The van der Waals surface area contributed by atoms with Gasteiger partial charge in [-0.2, -0.15) is 0 Å². The van der Waals surface area contributed by atoms with E-state index >= 15 is 0 Å². The Labute approximate surface area is 147 Å². The van der Waals surface area contributed by atoms with E-state index in [1.807, 2.05) is 42.7 Å². The Morgan fingerprint density at radius 1 is 1.12 bits per heavy atom. The molecule has 3 rings (SSSR count). The number of carboxylic acid groups (broad SMARTS) is 1. The minimum absolute atomic E-state index is 0.324. The van der Waals surface area contributed by atoms with Crippen LogP contribution in [-0.2, 0) is 13.0 Å². The lowest BCUT2D eigenvalue weighted by atomic mass is 9.99. The van der Waals surface area contributed by atoms with Gasteiger partial charge < -0.3 is 9.67 Å². The third-order valence-corrected chi connectivity index (χ3v) is 4.26. The van der Waals surface area contributed by atoms with Crippen LogP contribution in [0.5, 0.6) is 0 Å². The smallest absolute Gasteiger partial charge is 0.336 e. The molecule has 1 aromatic heterocycles. The lowest BCUT2D eigenvalue weighted by Gasteiger charge is -2.08. The molecule has 4 nitrogen and oxygen atoms in total. The first-order chi connectivity index (χ1) is 12.2. The van der Waals surface area contributed by atoms with Gasteiger partial charge in [0.25, 0.3) is 0 Å². The van der Waals surface area contributed by atoms with E-state index in [0.29, 0.717) is 5.56 Å². The molecule has 3 aromatic rings. The summed E-state index contributed by atoms with van der Waals surface area (Å²) in [5, 5.41) is 9.33. The summed E-state index contributed by atoms with van der Waals surface area (Å²) in [6, 6.07) is 15.1. The third kappa shape index (κ3) is 4.15. The highest BCUT2D eigenvalue weighted by Crippen LogP contribution is 2.24. The van der Waals surface area contributed by atoms with Gasteiger partial charge in [0.2, 0.25) is 0 Å². The number of hydrogen-bond acceptors (Lipinski definition) is 2. The van der Waals surface area contributed by atoms with Crippen LogP contribution >= 0.6 is 0 Å². The van der Waals surface area contributed by atoms with Gasteiger partial charge in [-0.1, -0.05) is 55.8 Å². The second kappa shape index (κ2) is 7.79. The predicted octanol–water partition coefficient (Wildman–Crippen LogP) is 4.64. The van der Waals surface area contributed by atoms with Crippen molar-refractivity contribution in [3.63, 3.8) is 0 Å². The van der Waals surface area contributed by atoms with Crippen LogP contribution in [0, 0.1) is 0 Å². The third-order valence-electron chi connectivity index (χ3n) is 4.26. The molecule has 0 aliphatic heterocycles. The first-order valence-corrected chi connectivity index (χ1v) is 8.59. The summed E-state index contributed by atoms with van der Waals surface area (Å²) in [4.78, 5) is 15.8. The number of aromatic carboxylic acids is 1. The fourth-order valence-electron chi connectivity index (χ4n) is 2.90. The number of nitrogens with zero attached hydrogens (tertiary/aromatic N) is 2. The molecule has 25 heavy (non-hydrogen) atoms. The summed E-state index contributed by atoms with van der Waals surface area (Å²) in [6.45, 7) is 2.95. The quantitative estimate of drug-likeness (QED) is 0.685. The summed E-state index contributed by atoms with van der Waals surface area (Å²) in [6.07, 6.45) is 7.33. The fourth-order valence-corrected chi connectivity index (χ4v) is 2.90. The molecule has 0 saturated heterocycles. The molecule has 0 saturated carbocycles. The summed E-state index contributed by atoms with van der Waals surface area (Å²) >= 11 is 0. The molecule has 4 heteroatoms. The largest absolute Gasteiger partial charge is 0.478 e. The van der Waals surface area contributed by atoms with Crippen LogP contribution in [0.3, 0.4) is 0 Å². The Balaban J connectivity index is 1.75. The van der Waals surface area contributed by atoms with Gasteiger partial charge in [0, 0.05) is 12.7 Å². The van der Waals surface area contributed by atoms with Crippen LogP contribution < -0.4 is 0 Å². The molecule has 0 unspecified atom stereocenters. The van der Waals surface area contributed by atoms with E-state index in [1.165, 1.54) is 6.42 Å². The first kappa shape index (κ1) is 17.0. The average Bonchev–Trinajstić information content (AvgIpc) is 3.08. The van der Waals surface area contributed by atoms with Gasteiger partial charge in [0.15, 0.2) is 0 Å². The summed E-state index contributed by atoms with van der Waals surface area (Å²) in [5.74, 6) is -0.905. The van der Waals surface area contributed by atoms with Crippen LogP contribution in [0.15, 0.2) is 61.1 Å². The lowest BCUT2D eigenvalue weighted by molar-refractivity contribution is 0.0697. The van der Waals surface area contributed by atoms with Crippen LogP contribution in [0.1, 0.15) is 41.4 Å². The van der Waals surface area contributed by atoms with Gasteiger partial charge in [0.1, 0.15) is 0 Å². The van der Waals surface area contributed by atoms with Gasteiger partial charge in [-0.25, -0.2) is 9.78 Å². The van der Waals surface area contributed by atoms with E-state index in [2.05, 4.69) is 22.7 Å². The first-order valence-electron chi connectivity index (χ1n) is 8.59. The Kier molecular flexibility index (Phi) is 5.29. The summed E-state index contributed by atoms with van der Waals surface area (Å²) in [5.41, 5.74) is 4.28. The average molecular weight is 334 g/mol. The zero-order valence-electron chi connectivity index (χ0n) is 14.4. The van der Waals surface area contributed by atoms with Gasteiger partial charge in [-0.15, -0.1) is 0 Å². The zero-order chi connectivity index (χ0) is 17.6. The second-order valence-corrected chi connectivity index (χ2v) is 6.19. The molecular weight excluding hydrogens is 312 g/mol. The Hall–Kier alpha value is -2.88. The fraction of sp³-hybridized carbons (Fsp3) is 0.238. The van der Waals surface area contributed by atoms with E-state index < -0.39 is 5.97 Å². The van der Waals surface area contributed by atoms with Crippen LogP contribution in [0.4, 0.5) is 0 Å². The number of imidazole rings is 1. The normalized spacial score (nSPS) is 10.8. The molecule has 0 aliphatic rings. The lowest BCUT2D eigenvalue weighted by Crippen LogP contribution is -1.99. The van der Waals surface area contributed by atoms with Crippen molar-refractivity contribution >= 4 is 5.97 Å². The van der Waals surface area contributed by atoms with E-state index in [-0.39, 0.29) is 0 Å². The van der Waals surface area contributed by atoms with Crippen LogP contribution in [0.2, 0.25) is 0 Å². The van der Waals surface area contributed by atoms with Crippen molar-refractivity contribution in [3.05, 3.63) is 77.9 Å². The number of unbranched alkanes of at least 4 members (excludes halogenated alkanes) is 1. The topological polar surface area (TPSA) is 55.1 Å². The number of benzene rings is 2. The minimum Gasteiger partial charge on any atom is -0.478 e. The van der Waals surface area contributed by atoms with Crippen molar-refractivity contribution < 1.29 is 9.90 Å². The van der Waals surface area contributed by atoms with Crippen molar-refractivity contribution in [1.29, 1.82) is 0 Å². The molecule has 128 valence electrons. The van der Waals surface area contributed by atoms with Crippen LogP contribution in [-0.4, -0.2) is 20.6 Å². The van der Waals surface area contributed by atoms with Crippen molar-refractivity contribution in [1.82, 2.24) is 9.55 Å². The molecule has 0 atom stereocenters. The van der Waals surface area contributed by atoms with E-state index in [0.717, 1.165) is 41.8 Å². The van der Waals surface area contributed by atoms with Crippen molar-refractivity contribution in [2.24, 2.45) is 0 Å². The van der Waals surface area contributed by atoms with E-state index in [4.69, 9.17) is 0 Å².